The van der Waals surface area contributed by atoms with Crippen LogP contribution in [-0.4, -0.2) is 42.8 Å². The normalized spacial score (nSPS) is 17.7. The number of thioether (sulfide) groups is 1. The topological polar surface area (TPSA) is 50.4 Å². The summed E-state index contributed by atoms with van der Waals surface area (Å²) in [5, 5.41) is 6.65. The van der Waals surface area contributed by atoms with Crippen LogP contribution in [0.2, 0.25) is 0 Å². The average Bonchev–Trinajstić information content (AvgIpc) is 2.49. The van der Waals surface area contributed by atoms with E-state index in [-0.39, 0.29) is 6.09 Å². The average molecular weight is 345 g/mol. The van der Waals surface area contributed by atoms with E-state index in [1.165, 1.54) is 50.7 Å². The van der Waals surface area contributed by atoms with Crippen molar-refractivity contribution in [2.24, 2.45) is 5.92 Å². The molecule has 0 aromatic heterocycles. The standard InChI is InChI=1S/C18H36N2O2S/c1-18(2,3)22-17(21)20-14-16(15-10-6-5-7-11-15)19-12-8-9-13-23-4/h15-16,19H,5-14H2,1-4H3,(H,20,21). The van der Waals surface area contributed by atoms with Gasteiger partial charge >= 0.3 is 6.09 Å². The van der Waals surface area contributed by atoms with Gasteiger partial charge in [-0.2, -0.15) is 11.8 Å². The summed E-state index contributed by atoms with van der Waals surface area (Å²) in [5.74, 6) is 1.91. The van der Waals surface area contributed by atoms with Crippen LogP contribution in [0.5, 0.6) is 0 Å². The van der Waals surface area contributed by atoms with Gasteiger partial charge in [0.2, 0.25) is 0 Å². The summed E-state index contributed by atoms with van der Waals surface area (Å²) in [5.41, 5.74) is -0.435. The van der Waals surface area contributed by atoms with Crippen LogP contribution < -0.4 is 10.6 Å². The highest BCUT2D eigenvalue weighted by Gasteiger charge is 2.24. The van der Waals surface area contributed by atoms with E-state index in [1.807, 2.05) is 32.5 Å². The van der Waals surface area contributed by atoms with Crippen LogP contribution in [0.4, 0.5) is 4.79 Å². The number of hydrogen-bond donors (Lipinski definition) is 2. The molecule has 4 nitrogen and oxygen atoms in total. The maximum absolute atomic E-state index is 11.9. The molecule has 0 saturated heterocycles. The molecule has 0 aliphatic heterocycles. The Hall–Kier alpha value is -0.420. The van der Waals surface area contributed by atoms with Crippen LogP contribution in [0.15, 0.2) is 0 Å². The van der Waals surface area contributed by atoms with E-state index in [1.54, 1.807) is 0 Å². The van der Waals surface area contributed by atoms with E-state index in [9.17, 15) is 4.79 Å². The summed E-state index contributed by atoms with van der Waals surface area (Å²) in [4.78, 5) is 11.9. The molecule has 1 amide bonds. The third kappa shape index (κ3) is 10.1. The van der Waals surface area contributed by atoms with Gasteiger partial charge in [0.25, 0.3) is 0 Å². The molecule has 136 valence electrons. The molecule has 0 spiro atoms. The van der Waals surface area contributed by atoms with Gasteiger partial charge in [0.15, 0.2) is 0 Å². The number of alkyl carbamates (subject to hydrolysis) is 1. The maximum Gasteiger partial charge on any atom is 0.407 e. The molecule has 1 fully saturated rings. The van der Waals surface area contributed by atoms with Crippen molar-refractivity contribution >= 4 is 17.9 Å². The zero-order chi connectivity index (χ0) is 17.1. The van der Waals surface area contributed by atoms with Gasteiger partial charge in [-0.15, -0.1) is 0 Å². The Kier molecular flexibility index (Phi) is 10.0. The fraction of sp³-hybridized carbons (Fsp3) is 0.944. The summed E-state index contributed by atoms with van der Waals surface area (Å²) in [6.45, 7) is 7.40. The van der Waals surface area contributed by atoms with E-state index >= 15 is 0 Å². The second kappa shape index (κ2) is 11.2. The zero-order valence-electron chi connectivity index (χ0n) is 15.5. The monoisotopic (exact) mass is 344 g/mol. The van der Waals surface area contributed by atoms with Crippen molar-refractivity contribution in [3.8, 4) is 0 Å². The van der Waals surface area contributed by atoms with Gasteiger partial charge in [-0.25, -0.2) is 4.79 Å². The fourth-order valence-electron chi connectivity index (χ4n) is 3.11. The number of hydrogen-bond acceptors (Lipinski definition) is 4. The highest BCUT2D eigenvalue weighted by molar-refractivity contribution is 7.98. The molecule has 0 aromatic rings. The second-order valence-corrected chi connectivity index (χ2v) is 8.53. The lowest BCUT2D eigenvalue weighted by molar-refractivity contribution is 0.0516. The van der Waals surface area contributed by atoms with Crippen molar-refractivity contribution < 1.29 is 9.53 Å². The highest BCUT2D eigenvalue weighted by atomic mass is 32.2. The first-order chi connectivity index (χ1) is 10.9. The van der Waals surface area contributed by atoms with Crippen molar-refractivity contribution in [1.82, 2.24) is 10.6 Å². The van der Waals surface area contributed by atoms with Crippen molar-refractivity contribution in [1.29, 1.82) is 0 Å². The first-order valence-electron chi connectivity index (χ1n) is 9.11. The minimum Gasteiger partial charge on any atom is -0.444 e. The lowest BCUT2D eigenvalue weighted by Crippen LogP contribution is -2.47. The quantitative estimate of drug-likeness (QED) is 0.616. The molecule has 0 bridgehead atoms. The minimum atomic E-state index is -0.435. The lowest BCUT2D eigenvalue weighted by atomic mass is 9.83. The number of carbonyl (C=O) groups is 1. The molecule has 2 N–H and O–H groups in total. The first-order valence-corrected chi connectivity index (χ1v) is 10.5. The van der Waals surface area contributed by atoms with E-state index in [0.29, 0.717) is 18.5 Å². The Bertz CT molecular complexity index is 325. The Morgan fingerprint density at radius 2 is 1.91 bits per heavy atom. The van der Waals surface area contributed by atoms with Crippen molar-refractivity contribution in [3.63, 3.8) is 0 Å². The summed E-state index contributed by atoms with van der Waals surface area (Å²) in [6.07, 6.45) is 10.9. The third-order valence-electron chi connectivity index (χ3n) is 4.27. The van der Waals surface area contributed by atoms with Gasteiger partial charge in [0.1, 0.15) is 5.60 Å². The third-order valence-corrected chi connectivity index (χ3v) is 4.96. The molecule has 5 heteroatoms. The molecule has 0 radical (unpaired) electrons. The van der Waals surface area contributed by atoms with Crippen LogP contribution >= 0.6 is 11.8 Å². The van der Waals surface area contributed by atoms with Gasteiger partial charge in [-0.3, -0.25) is 0 Å². The predicted molar refractivity (Wildman–Crippen MR) is 100 cm³/mol. The SMILES string of the molecule is CSCCCCNC(CNC(=O)OC(C)(C)C)C1CCCCC1. The predicted octanol–water partition coefficient (Wildman–Crippen LogP) is 4.19. The largest absolute Gasteiger partial charge is 0.444 e. The molecule has 1 atom stereocenters. The minimum absolute atomic E-state index is 0.303. The molecule has 1 rings (SSSR count). The van der Waals surface area contributed by atoms with Crippen LogP contribution in [0.1, 0.15) is 65.7 Å². The number of rotatable bonds is 9. The fourth-order valence-corrected chi connectivity index (χ4v) is 3.60. The van der Waals surface area contributed by atoms with Gasteiger partial charge in [0.05, 0.1) is 0 Å². The Labute approximate surface area is 146 Å². The smallest absolute Gasteiger partial charge is 0.407 e. The van der Waals surface area contributed by atoms with Gasteiger partial charge in [0, 0.05) is 12.6 Å². The summed E-state index contributed by atoms with van der Waals surface area (Å²) in [7, 11) is 0. The maximum atomic E-state index is 11.9. The molecule has 0 heterocycles. The number of nitrogens with one attached hydrogen (secondary N) is 2. The van der Waals surface area contributed by atoms with Crippen LogP contribution in [-0.2, 0) is 4.74 Å². The van der Waals surface area contributed by atoms with Gasteiger partial charge in [-0.1, -0.05) is 19.3 Å². The molecule has 1 aliphatic carbocycles. The van der Waals surface area contributed by atoms with E-state index in [4.69, 9.17) is 4.74 Å². The summed E-state index contributed by atoms with van der Waals surface area (Å²) >= 11 is 1.91. The van der Waals surface area contributed by atoms with Crippen molar-refractivity contribution in [3.05, 3.63) is 0 Å². The number of ether oxygens (including phenoxy) is 1. The van der Waals surface area contributed by atoms with Crippen molar-refractivity contribution in [2.45, 2.75) is 77.4 Å². The number of unbranched alkanes of at least 4 members (excludes halogenated alkanes) is 1. The number of carbonyl (C=O) groups excluding carboxylic acids is 1. The van der Waals surface area contributed by atoms with Crippen LogP contribution in [0.3, 0.4) is 0 Å². The number of amides is 1. The Morgan fingerprint density at radius 1 is 1.22 bits per heavy atom. The van der Waals surface area contributed by atoms with Crippen LogP contribution in [0, 0.1) is 5.92 Å². The zero-order valence-corrected chi connectivity index (χ0v) is 16.3. The second-order valence-electron chi connectivity index (χ2n) is 7.54. The Morgan fingerprint density at radius 3 is 2.52 bits per heavy atom. The molecular weight excluding hydrogens is 308 g/mol. The highest BCUT2D eigenvalue weighted by Crippen LogP contribution is 2.26. The van der Waals surface area contributed by atoms with E-state index in [2.05, 4.69) is 16.9 Å². The molecule has 0 aromatic carbocycles. The van der Waals surface area contributed by atoms with E-state index < -0.39 is 5.60 Å². The lowest BCUT2D eigenvalue weighted by Gasteiger charge is -2.31. The Balaban J connectivity index is 2.38. The first kappa shape index (κ1) is 20.6. The summed E-state index contributed by atoms with van der Waals surface area (Å²) in [6, 6.07) is 0.372. The molecular formula is C18H36N2O2S. The van der Waals surface area contributed by atoms with Gasteiger partial charge in [-0.05, 0) is 70.9 Å². The molecule has 23 heavy (non-hydrogen) atoms. The summed E-state index contributed by atoms with van der Waals surface area (Å²) < 4.78 is 5.35. The van der Waals surface area contributed by atoms with Crippen LogP contribution in [0.25, 0.3) is 0 Å². The van der Waals surface area contributed by atoms with Crippen molar-refractivity contribution in [2.75, 3.05) is 25.1 Å². The van der Waals surface area contributed by atoms with E-state index in [0.717, 1.165) is 6.54 Å². The molecule has 1 saturated carbocycles. The molecule has 1 unspecified atom stereocenters. The van der Waals surface area contributed by atoms with Gasteiger partial charge < -0.3 is 15.4 Å². The molecule has 1 aliphatic rings.